The van der Waals surface area contributed by atoms with Crippen LogP contribution in [0.15, 0.2) is 18.5 Å². The molecule has 0 spiro atoms. The van der Waals surface area contributed by atoms with E-state index in [2.05, 4.69) is 20.6 Å². The van der Waals surface area contributed by atoms with E-state index in [-0.39, 0.29) is 11.9 Å². The Hall–Kier alpha value is -2.15. The van der Waals surface area contributed by atoms with Crippen molar-refractivity contribution >= 4 is 5.91 Å². The average Bonchev–Trinajstić information content (AvgIpc) is 3.35. The Morgan fingerprint density at radius 3 is 3.08 bits per heavy atom. The highest BCUT2D eigenvalue weighted by Crippen LogP contribution is 2.28. The molecular formula is C19H27N5O2. The molecule has 7 nitrogen and oxygen atoms in total. The van der Waals surface area contributed by atoms with Crippen molar-refractivity contribution in [2.45, 2.75) is 70.1 Å². The number of rotatable bonds is 6. The molecule has 4 rings (SSSR count). The van der Waals surface area contributed by atoms with Crippen molar-refractivity contribution in [1.29, 1.82) is 0 Å². The van der Waals surface area contributed by atoms with Gasteiger partial charge in [-0.2, -0.15) is 10.2 Å². The average molecular weight is 357 g/mol. The van der Waals surface area contributed by atoms with Gasteiger partial charge in [-0.05, 0) is 56.1 Å². The number of hydrogen-bond donors (Lipinski definition) is 3. The first-order valence-electron chi connectivity index (χ1n) is 9.69. The van der Waals surface area contributed by atoms with E-state index in [1.54, 1.807) is 6.20 Å². The maximum absolute atomic E-state index is 12.4. The zero-order chi connectivity index (χ0) is 17.9. The SMILES string of the molecule is O=C(CCc1n[nH]c2c1CCCC2)N[C@@H]1CC(Cn2cccn2)C[C@H]1O. The van der Waals surface area contributed by atoms with Crippen molar-refractivity contribution < 1.29 is 9.90 Å². The molecule has 0 saturated heterocycles. The Kier molecular flexibility index (Phi) is 5.06. The van der Waals surface area contributed by atoms with Gasteiger partial charge in [-0.25, -0.2) is 0 Å². The minimum atomic E-state index is -0.474. The number of nitrogens with one attached hydrogen (secondary N) is 2. The molecule has 0 aromatic carbocycles. The third kappa shape index (κ3) is 3.82. The zero-order valence-electron chi connectivity index (χ0n) is 15.0. The second-order valence-electron chi connectivity index (χ2n) is 7.64. The molecule has 2 aliphatic rings. The van der Waals surface area contributed by atoms with Crippen LogP contribution in [-0.4, -0.2) is 43.1 Å². The van der Waals surface area contributed by atoms with E-state index in [1.807, 2.05) is 16.9 Å². The molecular weight excluding hydrogens is 330 g/mol. The van der Waals surface area contributed by atoms with E-state index in [0.717, 1.165) is 31.5 Å². The van der Waals surface area contributed by atoms with Crippen LogP contribution in [0.4, 0.5) is 0 Å². The van der Waals surface area contributed by atoms with Crippen molar-refractivity contribution in [2.24, 2.45) is 5.92 Å². The van der Waals surface area contributed by atoms with Gasteiger partial charge < -0.3 is 10.4 Å². The molecule has 7 heteroatoms. The van der Waals surface area contributed by atoms with Crippen molar-refractivity contribution in [3.8, 4) is 0 Å². The Labute approximate surface area is 153 Å². The number of carbonyl (C=O) groups excluding carboxylic acids is 1. The molecule has 0 aliphatic heterocycles. The quantitative estimate of drug-likeness (QED) is 0.728. The number of carbonyl (C=O) groups is 1. The summed E-state index contributed by atoms with van der Waals surface area (Å²) in [4.78, 5) is 12.4. The number of aliphatic hydroxyl groups is 1. The predicted molar refractivity (Wildman–Crippen MR) is 96.4 cm³/mol. The van der Waals surface area contributed by atoms with Crippen LogP contribution < -0.4 is 5.32 Å². The fourth-order valence-electron chi connectivity index (χ4n) is 4.36. The maximum Gasteiger partial charge on any atom is 0.220 e. The van der Waals surface area contributed by atoms with Gasteiger partial charge in [0.2, 0.25) is 5.91 Å². The first-order chi connectivity index (χ1) is 12.7. The number of fused-ring (bicyclic) bond motifs is 1. The molecule has 1 amide bonds. The summed E-state index contributed by atoms with van der Waals surface area (Å²) in [6.07, 6.45) is 10.4. The van der Waals surface area contributed by atoms with Gasteiger partial charge >= 0.3 is 0 Å². The number of aliphatic hydroxyl groups excluding tert-OH is 1. The summed E-state index contributed by atoms with van der Waals surface area (Å²) in [5.74, 6) is 0.343. The van der Waals surface area contributed by atoms with Gasteiger partial charge in [0, 0.05) is 37.5 Å². The summed E-state index contributed by atoms with van der Waals surface area (Å²) in [5.41, 5.74) is 3.61. The van der Waals surface area contributed by atoms with Gasteiger partial charge in [0.25, 0.3) is 0 Å². The lowest BCUT2D eigenvalue weighted by atomic mass is 9.94. The van der Waals surface area contributed by atoms with Gasteiger partial charge in [0.05, 0.1) is 17.8 Å². The lowest BCUT2D eigenvalue weighted by Gasteiger charge is -2.16. The highest BCUT2D eigenvalue weighted by atomic mass is 16.3. The van der Waals surface area contributed by atoms with Crippen LogP contribution in [0.3, 0.4) is 0 Å². The lowest BCUT2D eigenvalue weighted by molar-refractivity contribution is -0.122. The number of hydrogen-bond acceptors (Lipinski definition) is 4. The van der Waals surface area contributed by atoms with Gasteiger partial charge in [0.1, 0.15) is 0 Å². The van der Waals surface area contributed by atoms with Crippen molar-refractivity contribution in [3.05, 3.63) is 35.4 Å². The van der Waals surface area contributed by atoms with Gasteiger partial charge in [0.15, 0.2) is 0 Å². The van der Waals surface area contributed by atoms with E-state index in [4.69, 9.17) is 0 Å². The molecule has 1 unspecified atom stereocenters. The molecule has 1 saturated carbocycles. The van der Waals surface area contributed by atoms with E-state index in [0.29, 0.717) is 25.2 Å². The first kappa shape index (κ1) is 17.3. The number of aryl methyl sites for hydroxylation is 2. The summed E-state index contributed by atoms with van der Waals surface area (Å²) in [7, 11) is 0. The normalized spacial score (nSPS) is 25.2. The number of aromatic nitrogens is 4. The number of amides is 1. The van der Waals surface area contributed by atoms with Crippen LogP contribution in [-0.2, 0) is 30.6 Å². The third-order valence-electron chi connectivity index (χ3n) is 5.71. The Balaban J connectivity index is 1.26. The van der Waals surface area contributed by atoms with Gasteiger partial charge in [-0.1, -0.05) is 0 Å². The summed E-state index contributed by atoms with van der Waals surface area (Å²) in [6.45, 7) is 0.788. The first-order valence-corrected chi connectivity index (χ1v) is 9.69. The smallest absolute Gasteiger partial charge is 0.220 e. The van der Waals surface area contributed by atoms with Crippen molar-refractivity contribution in [3.63, 3.8) is 0 Å². The molecule has 2 aromatic heterocycles. The molecule has 1 fully saturated rings. The van der Waals surface area contributed by atoms with E-state index in [9.17, 15) is 9.90 Å². The standard InChI is InChI=1S/C19H27N5O2/c25-18-11-13(12-24-9-3-8-20-24)10-17(18)21-19(26)7-6-16-14-4-1-2-5-15(14)22-23-16/h3,8-9,13,17-18,25H,1-2,4-7,10-12H2,(H,21,26)(H,22,23)/t13?,17-,18-/m1/s1. The van der Waals surface area contributed by atoms with E-state index in [1.165, 1.54) is 24.1 Å². The lowest BCUT2D eigenvalue weighted by Crippen LogP contribution is -2.40. The number of nitrogens with zero attached hydrogens (tertiary/aromatic N) is 3. The monoisotopic (exact) mass is 357 g/mol. The molecule has 0 bridgehead atoms. The minimum absolute atomic E-state index is 0.00125. The van der Waals surface area contributed by atoms with Gasteiger partial charge in [-0.3, -0.25) is 14.6 Å². The molecule has 2 aliphatic carbocycles. The highest BCUT2D eigenvalue weighted by Gasteiger charge is 2.34. The highest BCUT2D eigenvalue weighted by molar-refractivity contribution is 5.76. The molecule has 26 heavy (non-hydrogen) atoms. The fourth-order valence-corrected chi connectivity index (χ4v) is 4.36. The topological polar surface area (TPSA) is 95.8 Å². The van der Waals surface area contributed by atoms with Crippen LogP contribution in [0.2, 0.25) is 0 Å². The zero-order valence-corrected chi connectivity index (χ0v) is 15.0. The summed E-state index contributed by atoms with van der Waals surface area (Å²) in [6, 6.07) is 1.74. The molecule has 2 heterocycles. The molecule has 2 aromatic rings. The molecule has 140 valence electrons. The second kappa shape index (κ2) is 7.61. The molecule has 3 atom stereocenters. The third-order valence-corrected chi connectivity index (χ3v) is 5.71. The van der Waals surface area contributed by atoms with E-state index < -0.39 is 6.10 Å². The summed E-state index contributed by atoms with van der Waals surface area (Å²) >= 11 is 0. The Morgan fingerprint density at radius 1 is 1.35 bits per heavy atom. The fraction of sp³-hybridized carbons (Fsp3) is 0.632. The van der Waals surface area contributed by atoms with Crippen LogP contribution >= 0.6 is 0 Å². The summed E-state index contributed by atoms with van der Waals surface area (Å²) < 4.78 is 1.89. The molecule has 0 radical (unpaired) electrons. The largest absolute Gasteiger partial charge is 0.391 e. The Morgan fingerprint density at radius 2 is 2.23 bits per heavy atom. The van der Waals surface area contributed by atoms with Crippen LogP contribution in [0.25, 0.3) is 0 Å². The second-order valence-corrected chi connectivity index (χ2v) is 7.64. The maximum atomic E-state index is 12.4. The predicted octanol–water partition coefficient (Wildman–Crippen LogP) is 1.37. The van der Waals surface area contributed by atoms with Crippen molar-refractivity contribution in [2.75, 3.05) is 0 Å². The number of aromatic amines is 1. The van der Waals surface area contributed by atoms with Crippen LogP contribution in [0.5, 0.6) is 0 Å². The molecule has 3 N–H and O–H groups in total. The van der Waals surface area contributed by atoms with E-state index >= 15 is 0 Å². The summed E-state index contributed by atoms with van der Waals surface area (Å²) in [5, 5.41) is 25.1. The number of H-pyrrole nitrogens is 1. The Bertz CT molecular complexity index is 739. The minimum Gasteiger partial charge on any atom is -0.391 e. The van der Waals surface area contributed by atoms with Crippen LogP contribution in [0, 0.1) is 5.92 Å². The van der Waals surface area contributed by atoms with Crippen molar-refractivity contribution in [1.82, 2.24) is 25.3 Å². The van der Waals surface area contributed by atoms with Gasteiger partial charge in [-0.15, -0.1) is 0 Å². The van der Waals surface area contributed by atoms with Crippen LogP contribution in [0.1, 0.15) is 49.1 Å².